The highest BCUT2D eigenvalue weighted by Crippen LogP contribution is 2.37. The number of rotatable bonds is 3. The minimum Gasteiger partial charge on any atom is -0.497 e. The van der Waals surface area contributed by atoms with E-state index in [1.54, 1.807) is 6.07 Å². The molecule has 112 valence electrons. The maximum Gasteiger partial charge on any atom is 0.573 e. The SMILES string of the molecule is COc1ccc(OC(F)(F)F)c(N2CCNC[C@@H]2C)c1. The van der Waals surface area contributed by atoms with E-state index in [9.17, 15) is 13.2 Å². The van der Waals surface area contributed by atoms with Crippen LogP contribution in [0.25, 0.3) is 0 Å². The van der Waals surface area contributed by atoms with E-state index in [4.69, 9.17) is 4.74 Å². The third kappa shape index (κ3) is 3.47. The monoisotopic (exact) mass is 290 g/mol. The van der Waals surface area contributed by atoms with Crippen LogP contribution in [-0.2, 0) is 0 Å². The highest BCUT2D eigenvalue weighted by atomic mass is 19.4. The van der Waals surface area contributed by atoms with E-state index < -0.39 is 6.36 Å². The zero-order chi connectivity index (χ0) is 14.8. The Morgan fingerprint density at radius 1 is 1.35 bits per heavy atom. The summed E-state index contributed by atoms with van der Waals surface area (Å²) in [4.78, 5) is 1.89. The lowest BCUT2D eigenvalue weighted by molar-refractivity contribution is -0.274. The van der Waals surface area contributed by atoms with Crippen LogP contribution in [0.1, 0.15) is 6.92 Å². The maximum atomic E-state index is 12.5. The Morgan fingerprint density at radius 2 is 2.10 bits per heavy atom. The molecule has 20 heavy (non-hydrogen) atoms. The molecule has 2 rings (SSSR count). The Labute approximate surface area is 115 Å². The van der Waals surface area contributed by atoms with Crippen LogP contribution in [0.15, 0.2) is 18.2 Å². The van der Waals surface area contributed by atoms with Crippen molar-refractivity contribution in [3.8, 4) is 11.5 Å². The summed E-state index contributed by atoms with van der Waals surface area (Å²) in [5.41, 5.74) is 0.399. The largest absolute Gasteiger partial charge is 0.573 e. The smallest absolute Gasteiger partial charge is 0.497 e. The van der Waals surface area contributed by atoms with Gasteiger partial charge in [0.1, 0.15) is 5.75 Å². The summed E-state index contributed by atoms with van der Waals surface area (Å²) < 4.78 is 46.7. The quantitative estimate of drug-likeness (QED) is 0.927. The van der Waals surface area contributed by atoms with Gasteiger partial charge in [0.15, 0.2) is 5.75 Å². The zero-order valence-electron chi connectivity index (χ0n) is 11.3. The highest BCUT2D eigenvalue weighted by molar-refractivity contribution is 5.62. The molecular formula is C13H17F3N2O2. The van der Waals surface area contributed by atoms with E-state index in [1.165, 1.54) is 19.2 Å². The van der Waals surface area contributed by atoms with Gasteiger partial charge in [-0.15, -0.1) is 13.2 Å². The van der Waals surface area contributed by atoms with Crippen LogP contribution >= 0.6 is 0 Å². The Morgan fingerprint density at radius 3 is 2.70 bits per heavy atom. The van der Waals surface area contributed by atoms with Crippen LogP contribution < -0.4 is 19.7 Å². The second-order valence-corrected chi connectivity index (χ2v) is 4.63. The van der Waals surface area contributed by atoms with Gasteiger partial charge in [-0.3, -0.25) is 0 Å². The molecule has 1 saturated heterocycles. The summed E-state index contributed by atoms with van der Waals surface area (Å²) in [5.74, 6) is 0.298. The standard InChI is InChI=1S/C13H17F3N2O2/c1-9-8-17-5-6-18(9)11-7-10(19-2)3-4-12(11)20-13(14,15)16/h3-4,7,9,17H,5-6,8H2,1-2H3/t9-/m0/s1. The molecule has 0 bridgehead atoms. The molecule has 1 aromatic rings. The van der Waals surface area contributed by atoms with E-state index in [0.717, 1.165) is 0 Å². The number of ether oxygens (including phenoxy) is 2. The topological polar surface area (TPSA) is 33.7 Å². The third-order valence-corrected chi connectivity index (χ3v) is 3.20. The Kier molecular flexibility index (Phi) is 4.27. The third-order valence-electron chi connectivity index (χ3n) is 3.20. The molecule has 0 spiro atoms. The van der Waals surface area contributed by atoms with Gasteiger partial charge in [0.2, 0.25) is 0 Å². The minimum atomic E-state index is -4.71. The van der Waals surface area contributed by atoms with Gasteiger partial charge in [0, 0.05) is 31.7 Å². The number of alkyl halides is 3. The van der Waals surface area contributed by atoms with Crippen molar-refractivity contribution in [2.24, 2.45) is 0 Å². The van der Waals surface area contributed by atoms with Crippen molar-refractivity contribution in [2.45, 2.75) is 19.3 Å². The van der Waals surface area contributed by atoms with Crippen molar-refractivity contribution >= 4 is 5.69 Å². The van der Waals surface area contributed by atoms with Gasteiger partial charge in [0.25, 0.3) is 0 Å². The van der Waals surface area contributed by atoms with Gasteiger partial charge >= 0.3 is 6.36 Å². The molecule has 7 heteroatoms. The second-order valence-electron chi connectivity index (χ2n) is 4.63. The number of hydrogen-bond acceptors (Lipinski definition) is 4. The molecule has 1 fully saturated rings. The molecule has 1 aromatic carbocycles. The van der Waals surface area contributed by atoms with Crippen molar-refractivity contribution < 1.29 is 22.6 Å². The van der Waals surface area contributed by atoms with Crippen LogP contribution in [0, 0.1) is 0 Å². The number of piperazine rings is 1. The lowest BCUT2D eigenvalue weighted by Crippen LogP contribution is -2.50. The average Bonchev–Trinajstić information content (AvgIpc) is 2.38. The number of halogens is 3. The van der Waals surface area contributed by atoms with E-state index in [2.05, 4.69) is 10.1 Å². The molecule has 1 heterocycles. The molecule has 0 saturated carbocycles. The van der Waals surface area contributed by atoms with Crippen LogP contribution in [-0.4, -0.2) is 39.1 Å². The van der Waals surface area contributed by atoms with E-state index in [-0.39, 0.29) is 11.8 Å². The van der Waals surface area contributed by atoms with E-state index >= 15 is 0 Å². The van der Waals surface area contributed by atoms with Gasteiger partial charge < -0.3 is 19.7 Å². The molecule has 1 atom stereocenters. The van der Waals surface area contributed by atoms with Gasteiger partial charge in [0.05, 0.1) is 12.8 Å². The van der Waals surface area contributed by atoms with Crippen molar-refractivity contribution in [3.05, 3.63) is 18.2 Å². The highest BCUT2D eigenvalue weighted by Gasteiger charge is 2.33. The minimum absolute atomic E-state index is 0.0754. The first-order chi connectivity index (χ1) is 9.40. The molecule has 1 N–H and O–H groups in total. The number of anilines is 1. The summed E-state index contributed by atoms with van der Waals surface area (Å²) >= 11 is 0. The Hall–Kier alpha value is -1.63. The Bertz CT molecular complexity index is 465. The molecule has 4 nitrogen and oxygen atoms in total. The lowest BCUT2D eigenvalue weighted by atomic mass is 10.1. The van der Waals surface area contributed by atoms with Gasteiger partial charge in [-0.2, -0.15) is 0 Å². The predicted octanol–water partition coefficient (Wildman–Crippen LogP) is 2.39. The zero-order valence-corrected chi connectivity index (χ0v) is 11.3. The van der Waals surface area contributed by atoms with Gasteiger partial charge in [-0.05, 0) is 19.1 Å². The molecule has 1 aliphatic heterocycles. The van der Waals surface area contributed by atoms with Crippen molar-refractivity contribution in [1.82, 2.24) is 5.32 Å². The fourth-order valence-corrected chi connectivity index (χ4v) is 2.26. The average molecular weight is 290 g/mol. The number of hydrogen-bond donors (Lipinski definition) is 1. The summed E-state index contributed by atoms with van der Waals surface area (Å²) in [7, 11) is 1.48. The van der Waals surface area contributed by atoms with E-state index in [0.29, 0.717) is 31.1 Å². The fraction of sp³-hybridized carbons (Fsp3) is 0.538. The van der Waals surface area contributed by atoms with Crippen LogP contribution in [0.5, 0.6) is 11.5 Å². The summed E-state index contributed by atoms with van der Waals surface area (Å²) in [6.07, 6.45) is -4.71. The Balaban J connectivity index is 2.36. The van der Waals surface area contributed by atoms with Gasteiger partial charge in [-0.25, -0.2) is 0 Å². The first-order valence-corrected chi connectivity index (χ1v) is 6.32. The van der Waals surface area contributed by atoms with Crippen LogP contribution in [0.2, 0.25) is 0 Å². The molecule has 0 unspecified atom stereocenters. The normalized spacial score (nSPS) is 19.9. The van der Waals surface area contributed by atoms with Crippen molar-refractivity contribution in [2.75, 3.05) is 31.6 Å². The van der Waals surface area contributed by atoms with Crippen LogP contribution in [0.3, 0.4) is 0 Å². The summed E-state index contributed by atoms with van der Waals surface area (Å²) in [5, 5.41) is 3.19. The number of benzene rings is 1. The number of methoxy groups -OCH3 is 1. The second kappa shape index (κ2) is 5.78. The van der Waals surface area contributed by atoms with Crippen molar-refractivity contribution in [1.29, 1.82) is 0 Å². The van der Waals surface area contributed by atoms with Crippen LogP contribution in [0.4, 0.5) is 18.9 Å². The summed E-state index contributed by atoms with van der Waals surface area (Å²) in [6, 6.07) is 4.39. The fourth-order valence-electron chi connectivity index (χ4n) is 2.26. The summed E-state index contributed by atoms with van der Waals surface area (Å²) in [6.45, 7) is 3.99. The first kappa shape index (κ1) is 14.8. The number of nitrogens with zero attached hydrogens (tertiary/aromatic N) is 1. The lowest BCUT2D eigenvalue weighted by Gasteiger charge is -2.36. The molecular weight excluding hydrogens is 273 g/mol. The number of nitrogens with one attached hydrogen (secondary N) is 1. The molecule has 1 aliphatic rings. The first-order valence-electron chi connectivity index (χ1n) is 6.32. The van der Waals surface area contributed by atoms with Gasteiger partial charge in [-0.1, -0.05) is 0 Å². The van der Waals surface area contributed by atoms with Crippen molar-refractivity contribution in [3.63, 3.8) is 0 Å². The molecule has 0 aromatic heterocycles. The predicted molar refractivity (Wildman–Crippen MR) is 69.4 cm³/mol. The maximum absolute atomic E-state index is 12.5. The molecule has 0 radical (unpaired) electrons. The molecule has 0 aliphatic carbocycles. The van der Waals surface area contributed by atoms with E-state index in [1.807, 2.05) is 11.8 Å². The molecule has 0 amide bonds.